The van der Waals surface area contributed by atoms with Gasteiger partial charge in [-0.1, -0.05) is 24.3 Å². The Balaban J connectivity index is 1.17. The molecule has 0 saturated carbocycles. The smallest absolute Gasteiger partial charge is 0.317 e. The summed E-state index contributed by atoms with van der Waals surface area (Å²) in [5.74, 6) is 0.456. The van der Waals surface area contributed by atoms with Crippen molar-refractivity contribution >= 4 is 6.03 Å². The molecule has 0 unspecified atom stereocenters. The number of likely N-dealkylation sites (tertiary alicyclic amines) is 2. The summed E-state index contributed by atoms with van der Waals surface area (Å²) >= 11 is 0. The molecule has 0 aromatic heterocycles. The average Bonchev–Trinajstić information content (AvgIpc) is 3.16. The third-order valence-corrected chi connectivity index (χ3v) is 6.25. The Kier molecular flexibility index (Phi) is 5.18. The Morgan fingerprint density at radius 1 is 1.27 bits per heavy atom. The molecule has 1 spiro atoms. The van der Waals surface area contributed by atoms with E-state index in [1.807, 2.05) is 4.90 Å². The fourth-order valence-electron chi connectivity index (χ4n) is 4.50. The molecule has 1 N–H and O–H groups in total. The molecule has 0 radical (unpaired) electrons. The average molecular weight is 357 g/mol. The van der Waals surface area contributed by atoms with E-state index in [4.69, 9.17) is 4.74 Å². The van der Waals surface area contributed by atoms with Crippen LogP contribution in [0, 0.1) is 12.8 Å². The number of aryl methyl sites for hydroxylation is 1. The highest BCUT2D eigenvalue weighted by Gasteiger charge is 2.46. The van der Waals surface area contributed by atoms with Gasteiger partial charge in [-0.2, -0.15) is 0 Å². The van der Waals surface area contributed by atoms with Crippen molar-refractivity contribution in [1.29, 1.82) is 0 Å². The van der Waals surface area contributed by atoms with Gasteiger partial charge in [-0.25, -0.2) is 4.79 Å². The lowest BCUT2D eigenvalue weighted by Crippen LogP contribution is -2.64. The van der Waals surface area contributed by atoms with Gasteiger partial charge in [0.05, 0.1) is 12.2 Å². The molecular weight excluding hydrogens is 326 g/mol. The first-order chi connectivity index (χ1) is 12.6. The summed E-state index contributed by atoms with van der Waals surface area (Å²) in [5.41, 5.74) is 2.85. The van der Waals surface area contributed by atoms with Gasteiger partial charge in [-0.3, -0.25) is 4.90 Å². The van der Waals surface area contributed by atoms with Crippen LogP contribution in [0.5, 0.6) is 0 Å². The maximum absolute atomic E-state index is 12.1. The number of hydrogen-bond acceptors (Lipinski definition) is 3. The van der Waals surface area contributed by atoms with Crippen LogP contribution in [0.2, 0.25) is 0 Å². The number of nitrogens with one attached hydrogen (secondary N) is 1. The zero-order valence-electron chi connectivity index (χ0n) is 15.9. The van der Waals surface area contributed by atoms with Gasteiger partial charge < -0.3 is 15.0 Å². The van der Waals surface area contributed by atoms with Crippen LogP contribution in [0.3, 0.4) is 0 Å². The van der Waals surface area contributed by atoms with E-state index >= 15 is 0 Å². The molecule has 3 aliphatic rings. The molecule has 3 saturated heterocycles. The molecule has 5 nitrogen and oxygen atoms in total. The molecule has 0 bridgehead atoms. The number of urea groups is 1. The number of amides is 2. The number of nitrogens with zero attached hydrogens (tertiary/aromatic N) is 2. The zero-order valence-corrected chi connectivity index (χ0v) is 15.9. The standard InChI is InChI=1S/C21H31N3O2/c1-17-6-2-3-7-19(17)13-23-15-21(16-23)9-8-18(14-26-21)12-22-20(25)24-10-4-5-11-24/h2-3,6-7,18H,4-5,8-16H2,1H3,(H,22,25)/t18-/m0/s1. The largest absolute Gasteiger partial charge is 0.372 e. The summed E-state index contributed by atoms with van der Waals surface area (Å²) in [6.07, 6.45) is 4.54. The van der Waals surface area contributed by atoms with Crippen molar-refractivity contribution in [3.05, 3.63) is 35.4 Å². The Morgan fingerprint density at radius 3 is 2.73 bits per heavy atom. The van der Waals surface area contributed by atoms with Crippen molar-refractivity contribution in [2.24, 2.45) is 5.92 Å². The van der Waals surface area contributed by atoms with E-state index in [-0.39, 0.29) is 11.6 Å². The van der Waals surface area contributed by atoms with Crippen LogP contribution in [0.4, 0.5) is 4.79 Å². The van der Waals surface area contributed by atoms with E-state index in [2.05, 4.69) is 41.4 Å². The highest BCUT2D eigenvalue weighted by Crippen LogP contribution is 2.36. The first-order valence-electron chi connectivity index (χ1n) is 10.1. The van der Waals surface area contributed by atoms with E-state index in [9.17, 15) is 4.79 Å². The molecule has 26 heavy (non-hydrogen) atoms. The van der Waals surface area contributed by atoms with Crippen molar-refractivity contribution in [1.82, 2.24) is 15.1 Å². The van der Waals surface area contributed by atoms with Crippen molar-refractivity contribution in [3.8, 4) is 0 Å². The second kappa shape index (κ2) is 7.57. The van der Waals surface area contributed by atoms with Gasteiger partial charge >= 0.3 is 6.03 Å². The monoisotopic (exact) mass is 357 g/mol. The Labute approximate surface area is 156 Å². The summed E-state index contributed by atoms with van der Waals surface area (Å²) in [7, 11) is 0. The normalized spacial score (nSPS) is 25.3. The van der Waals surface area contributed by atoms with Crippen LogP contribution < -0.4 is 5.32 Å². The molecule has 5 heteroatoms. The quantitative estimate of drug-likeness (QED) is 0.901. The van der Waals surface area contributed by atoms with Gasteiger partial charge in [0.25, 0.3) is 0 Å². The van der Waals surface area contributed by atoms with Crippen molar-refractivity contribution in [2.75, 3.05) is 39.3 Å². The van der Waals surface area contributed by atoms with E-state index in [1.165, 1.54) is 11.1 Å². The van der Waals surface area contributed by atoms with Gasteiger partial charge in [0.15, 0.2) is 0 Å². The molecule has 1 atom stereocenters. The highest BCUT2D eigenvalue weighted by molar-refractivity contribution is 5.74. The molecule has 142 valence electrons. The number of carbonyl (C=O) groups is 1. The first-order valence-corrected chi connectivity index (χ1v) is 10.1. The third-order valence-electron chi connectivity index (χ3n) is 6.25. The number of rotatable bonds is 4. The van der Waals surface area contributed by atoms with Gasteiger partial charge in [0.1, 0.15) is 0 Å². The van der Waals surface area contributed by atoms with E-state index in [1.54, 1.807) is 0 Å². The Bertz CT molecular complexity index is 626. The molecule has 3 fully saturated rings. The Morgan fingerprint density at radius 2 is 2.04 bits per heavy atom. The summed E-state index contributed by atoms with van der Waals surface area (Å²) in [6, 6.07) is 8.74. The van der Waals surface area contributed by atoms with Crippen LogP contribution in [0.25, 0.3) is 0 Å². The number of carbonyl (C=O) groups excluding carboxylic acids is 1. The molecule has 4 rings (SSSR count). The minimum Gasteiger partial charge on any atom is -0.372 e. The minimum absolute atomic E-state index is 0.0676. The van der Waals surface area contributed by atoms with Crippen molar-refractivity contribution in [2.45, 2.75) is 44.8 Å². The van der Waals surface area contributed by atoms with Crippen LogP contribution in [0.1, 0.15) is 36.8 Å². The van der Waals surface area contributed by atoms with Crippen LogP contribution in [-0.2, 0) is 11.3 Å². The predicted molar refractivity (Wildman–Crippen MR) is 102 cm³/mol. The van der Waals surface area contributed by atoms with Crippen LogP contribution in [-0.4, -0.2) is 60.8 Å². The lowest BCUT2D eigenvalue weighted by molar-refractivity contribution is -0.181. The molecule has 3 heterocycles. The Hall–Kier alpha value is -1.59. The topological polar surface area (TPSA) is 44.8 Å². The molecule has 3 aliphatic heterocycles. The molecule has 2 amide bonds. The van der Waals surface area contributed by atoms with Crippen LogP contribution in [0.15, 0.2) is 24.3 Å². The molecule has 1 aromatic rings. The molecule has 1 aromatic carbocycles. The number of benzene rings is 1. The second-order valence-corrected chi connectivity index (χ2v) is 8.35. The maximum atomic E-state index is 12.1. The van der Waals surface area contributed by atoms with E-state index < -0.39 is 0 Å². The number of ether oxygens (including phenoxy) is 1. The fraction of sp³-hybridized carbons (Fsp3) is 0.667. The van der Waals surface area contributed by atoms with Crippen LogP contribution >= 0.6 is 0 Å². The fourth-order valence-corrected chi connectivity index (χ4v) is 4.50. The van der Waals surface area contributed by atoms with Gasteiger partial charge in [-0.15, -0.1) is 0 Å². The van der Waals surface area contributed by atoms with Gasteiger partial charge in [-0.05, 0) is 49.7 Å². The van der Waals surface area contributed by atoms with E-state index in [0.717, 1.165) is 71.6 Å². The van der Waals surface area contributed by atoms with Gasteiger partial charge in [0.2, 0.25) is 0 Å². The highest BCUT2D eigenvalue weighted by atomic mass is 16.5. The maximum Gasteiger partial charge on any atom is 0.317 e. The lowest BCUT2D eigenvalue weighted by atomic mass is 9.82. The van der Waals surface area contributed by atoms with Crippen molar-refractivity contribution in [3.63, 3.8) is 0 Å². The zero-order chi connectivity index (χ0) is 18.0. The predicted octanol–water partition coefficient (Wildman–Crippen LogP) is 2.78. The second-order valence-electron chi connectivity index (χ2n) is 8.35. The number of hydrogen-bond donors (Lipinski definition) is 1. The minimum atomic E-state index is 0.0676. The summed E-state index contributed by atoms with van der Waals surface area (Å²) in [4.78, 5) is 16.5. The van der Waals surface area contributed by atoms with Gasteiger partial charge in [0, 0.05) is 39.3 Å². The third kappa shape index (κ3) is 3.89. The van der Waals surface area contributed by atoms with Crippen molar-refractivity contribution < 1.29 is 9.53 Å². The lowest BCUT2D eigenvalue weighted by Gasteiger charge is -2.53. The summed E-state index contributed by atoms with van der Waals surface area (Å²) in [6.45, 7) is 8.62. The first kappa shape index (κ1) is 17.8. The summed E-state index contributed by atoms with van der Waals surface area (Å²) in [5, 5.41) is 3.10. The molecule has 0 aliphatic carbocycles. The SMILES string of the molecule is Cc1ccccc1CN1CC2(CC[C@@H](CNC(=O)N3CCCC3)CO2)C1. The van der Waals surface area contributed by atoms with E-state index in [0.29, 0.717) is 5.92 Å². The molecular formula is C21H31N3O2. The summed E-state index contributed by atoms with van der Waals surface area (Å²) < 4.78 is 6.26.